The summed E-state index contributed by atoms with van der Waals surface area (Å²) in [4.78, 5) is 37.4. The van der Waals surface area contributed by atoms with E-state index in [1.807, 2.05) is 18.2 Å². The zero-order valence-corrected chi connectivity index (χ0v) is 20.4. The molecule has 1 aromatic carbocycles. The van der Waals surface area contributed by atoms with Crippen molar-refractivity contribution in [3.8, 4) is 0 Å². The first kappa shape index (κ1) is 24.6. The number of nitrogens with two attached hydrogens (primary N) is 1. The molecule has 1 aliphatic rings. The van der Waals surface area contributed by atoms with Gasteiger partial charge in [0.25, 0.3) is 0 Å². The Morgan fingerprint density at radius 2 is 1.80 bits per heavy atom. The SMILES string of the molecule is NS(=O)(=O)c1ccc(CNC(=O)Cc2csc(NC(=O)N3CCN(c4ccccn4)CC3)n2)cc1. The molecular weight excluding hydrogens is 490 g/mol. The van der Waals surface area contributed by atoms with Gasteiger partial charge in [-0.2, -0.15) is 0 Å². The van der Waals surface area contributed by atoms with Crippen LogP contribution in [0.4, 0.5) is 15.7 Å². The van der Waals surface area contributed by atoms with E-state index in [4.69, 9.17) is 5.14 Å². The molecule has 0 radical (unpaired) electrons. The molecule has 13 heteroatoms. The number of carbonyl (C=O) groups excluding carboxylic acids is 2. The van der Waals surface area contributed by atoms with E-state index < -0.39 is 10.0 Å². The third kappa shape index (κ3) is 6.74. The molecule has 184 valence electrons. The van der Waals surface area contributed by atoms with Gasteiger partial charge in [-0.1, -0.05) is 18.2 Å². The molecule has 1 saturated heterocycles. The minimum Gasteiger partial charge on any atom is -0.353 e. The van der Waals surface area contributed by atoms with Gasteiger partial charge < -0.3 is 15.1 Å². The monoisotopic (exact) mass is 515 g/mol. The summed E-state index contributed by atoms with van der Waals surface area (Å²) in [5.74, 6) is 0.658. The number of rotatable bonds is 7. The van der Waals surface area contributed by atoms with Crippen LogP contribution in [0.1, 0.15) is 11.3 Å². The molecule has 3 amide bonds. The number of aromatic nitrogens is 2. The zero-order valence-electron chi connectivity index (χ0n) is 18.8. The van der Waals surface area contributed by atoms with E-state index in [0.29, 0.717) is 37.0 Å². The Morgan fingerprint density at radius 1 is 1.06 bits per heavy atom. The van der Waals surface area contributed by atoms with Crippen LogP contribution in [-0.4, -0.2) is 61.4 Å². The highest BCUT2D eigenvalue weighted by atomic mass is 32.2. The highest BCUT2D eigenvalue weighted by Gasteiger charge is 2.22. The van der Waals surface area contributed by atoms with E-state index in [-0.39, 0.29) is 29.8 Å². The van der Waals surface area contributed by atoms with Crippen molar-refractivity contribution in [1.82, 2.24) is 20.2 Å². The number of sulfonamides is 1. The van der Waals surface area contributed by atoms with Gasteiger partial charge >= 0.3 is 6.03 Å². The Hall–Kier alpha value is -3.55. The van der Waals surface area contributed by atoms with Gasteiger partial charge in [0.2, 0.25) is 15.9 Å². The Bertz CT molecular complexity index is 1270. The van der Waals surface area contributed by atoms with E-state index in [1.165, 1.54) is 23.5 Å². The van der Waals surface area contributed by atoms with Crippen molar-refractivity contribution in [2.45, 2.75) is 17.9 Å². The third-order valence-corrected chi connectivity index (χ3v) is 7.12. The average Bonchev–Trinajstić information content (AvgIpc) is 3.29. The van der Waals surface area contributed by atoms with Crippen LogP contribution >= 0.6 is 11.3 Å². The standard InChI is InChI=1S/C22H25N7O4S2/c23-35(32,33)18-6-4-16(5-7-18)14-25-20(30)13-17-15-34-21(26-17)27-22(31)29-11-9-28(10-12-29)19-3-1-2-8-24-19/h1-8,15H,9-14H2,(H,25,30)(H2,23,32,33)(H,26,27,31). The number of nitrogens with one attached hydrogen (secondary N) is 2. The van der Waals surface area contributed by atoms with Crippen LogP contribution in [0.25, 0.3) is 0 Å². The predicted octanol–water partition coefficient (Wildman–Crippen LogP) is 1.40. The molecule has 4 rings (SSSR count). The first-order valence-electron chi connectivity index (χ1n) is 10.8. The smallest absolute Gasteiger partial charge is 0.323 e. The number of nitrogens with zero attached hydrogens (tertiary/aromatic N) is 4. The van der Waals surface area contributed by atoms with Crippen molar-refractivity contribution in [2.24, 2.45) is 5.14 Å². The lowest BCUT2D eigenvalue weighted by molar-refractivity contribution is -0.120. The van der Waals surface area contributed by atoms with Crippen LogP contribution in [0.3, 0.4) is 0 Å². The van der Waals surface area contributed by atoms with Gasteiger partial charge in [-0.05, 0) is 29.8 Å². The van der Waals surface area contributed by atoms with Crippen molar-refractivity contribution in [1.29, 1.82) is 0 Å². The van der Waals surface area contributed by atoms with Crippen LogP contribution in [0.2, 0.25) is 0 Å². The van der Waals surface area contributed by atoms with Gasteiger partial charge in [0.05, 0.1) is 17.0 Å². The number of amides is 3. The summed E-state index contributed by atoms with van der Waals surface area (Å²) in [5, 5.41) is 12.8. The number of thiazole rings is 1. The minimum atomic E-state index is -3.75. The number of anilines is 2. The lowest BCUT2D eigenvalue weighted by Gasteiger charge is -2.35. The summed E-state index contributed by atoms with van der Waals surface area (Å²) in [5.41, 5.74) is 1.28. The molecule has 1 aliphatic heterocycles. The van der Waals surface area contributed by atoms with E-state index in [9.17, 15) is 18.0 Å². The minimum absolute atomic E-state index is 0.0136. The molecule has 0 saturated carbocycles. The van der Waals surface area contributed by atoms with Crippen molar-refractivity contribution in [3.63, 3.8) is 0 Å². The summed E-state index contributed by atoms with van der Waals surface area (Å²) < 4.78 is 22.6. The van der Waals surface area contributed by atoms with Crippen molar-refractivity contribution >= 4 is 44.2 Å². The lowest BCUT2D eigenvalue weighted by atomic mass is 10.2. The lowest BCUT2D eigenvalue weighted by Crippen LogP contribution is -2.50. The predicted molar refractivity (Wildman–Crippen MR) is 133 cm³/mol. The Balaban J connectivity index is 1.22. The number of hydrogen-bond donors (Lipinski definition) is 3. The van der Waals surface area contributed by atoms with Crippen molar-refractivity contribution < 1.29 is 18.0 Å². The molecule has 0 unspecified atom stereocenters. The second-order valence-electron chi connectivity index (χ2n) is 7.88. The van der Waals surface area contributed by atoms with Crippen LogP contribution in [0, 0.1) is 0 Å². The van der Waals surface area contributed by atoms with Gasteiger partial charge in [0.1, 0.15) is 5.82 Å². The van der Waals surface area contributed by atoms with Gasteiger partial charge in [0, 0.05) is 44.3 Å². The quantitative estimate of drug-likeness (QED) is 0.430. The molecule has 11 nitrogen and oxygen atoms in total. The molecule has 3 aromatic rings. The topological polar surface area (TPSA) is 151 Å². The molecule has 0 aliphatic carbocycles. The number of hydrogen-bond acceptors (Lipinski definition) is 8. The summed E-state index contributed by atoms with van der Waals surface area (Å²) in [6, 6.07) is 11.5. The molecule has 0 atom stereocenters. The highest BCUT2D eigenvalue weighted by molar-refractivity contribution is 7.89. The first-order valence-corrected chi connectivity index (χ1v) is 13.3. The molecule has 4 N–H and O–H groups in total. The van der Waals surface area contributed by atoms with Crippen LogP contribution in [-0.2, 0) is 27.8 Å². The average molecular weight is 516 g/mol. The second kappa shape index (κ2) is 10.8. The van der Waals surface area contributed by atoms with Gasteiger partial charge in [-0.15, -0.1) is 11.3 Å². The number of pyridine rings is 1. The number of piperazine rings is 1. The molecule has 1 fully saturated rings. The Labute approximate surface area is 207 Å². The number of primary sulfonamides is 1. The number of urea groups is 1. The molecule has 35 heavy (non-hydrogen) atoms. The van der Waals surface area contributed by atoms with E-state index in [2.05, 4.69) is 25.5 Å². The fraction of sp³-hybridized carbons (Fsp3) is 0.273. The van der Waals surface area contributed by atoms with E-state index in [1.54, 1.807) is 28.6 Å². The van der Waals surface area contributed by atoms with Gasteiger partial charge in [-0.25, -0.2) is 28.3 Å². The summed E-state index contributed by atoms with van der Waals surface area (Å²) in [7, 11) is -3.75. The first-order chi connectivity index (χ1) is 16.8. The Kier molecular flexibility index (Phi) is 7.58. The summed E-state index contributed by atoms with van der Waals surface area (Å²) in [6.45, 7) is 2.77. The molecule has 0 spiro atoms. The fourth-order valence-corrected chi connectivity index (χ4v) is 4.74. The maximum Gasteiger partial charge on any atom is 0.323 e. The van der Waals surface area contributed by atoms with E-state index in [0.717, 1.165) is 11.4 Å². The van der Waals surface area contributed by atoms with Crippen LogP contribution in [0.15, 0.2) is 58.9 Å². The summed E-state index contributed by atoms with van der Waals surface area (Å²) in [6.07, 6.45) is 1.81. The summed E-state index contributed by atoms with van der Waals surface area (Å²) >= 11 is 1.26. The molecule has 2 aromatic heterocycles. The normalized spacial score (nSPS) is 14.0. The second-order valence-corrected chi connectivity index (χ2v) is 10.3. The van der Waals surface area contributed by atoms with E-state index >= 15 is 0 Å². The van der Waals surface area contributed by atoms with Gasteiger partial charge in [0.15, 0.2) is 5.13 Å². The largest absolute Gasteiger partial charge is 0.353 e. The van der Waals surface area contributed by atoms with Crippen LogP contribution < -0.4 is 20.7 Å². The number of carbonyl (C=O) groups is 2. The maximum absolute atomic E-state index is 12.6. The molecule has 0 bridgehead atoms. The van der Waals surface area contributed by atoms with Crippen LogP contribution in [0.5, 0.6) is 0 Å². The zero-order chi connectivity index (χ0) is 24.8. The highest BCUT2D eigenvalue weighted by Crippen LogP contribution is 2.18. The molecule has 3 heterocycles. The fourth-order valence-electron chi connectivity index (χ4n) is 3.52. The van der Waals surface area contributed by atoms with Crippen molar-refractivity contribution in [2.75, 3.05) is 36.4 Å². The molecular formula is C22H25N7O4S2. The van der Waals surface area contributed by atoms with Crippen molar-refractivity contribution in [3.05, 3.63) is 65.3 Å². The van der Waals surface area contributed by atoms with Gasteiger partial charge in [-0.3, -0.25) is 10.1 Å². The number of benzene rings is 1. The Morgan fingerprint density at radius 3 is 2.46 bits per heavy atom. The maximum atomic E-state index is 12.6. The third-order valence-electron chi connectivity index (χ3n) is 5.39.